The molecule has 0 aliphatic heterocycles. The standard InChI is InChI=1S/C10H9Cl2N3O4/c11-6-2-14-7(12)1-5(6)10(19)15(3-8(13)16)4-9(17)18/h1-2H,3-4H2,(H2,13,16)(H,17,18). The van der Waals surface area contributed by atoms with E-state index in [-0.39, 0.29) is 15.7 Å². The van der Waals surface area contributed by atoms with Crippen LogP contribution < -0.4 is 5.73 Å². The van der Waals surface area contributed by atoms with Crippen LogP contribution in [-0.4, -0.2) is 45.9 Å². The van der Waals surface area contributed by atoms with Gasteiger partial charge in [0.15, 0.2) is 0 Å². The molecule has 0 atom stereocenters. The molecule has 2 amide bonds. The summed E-state index contributed by atoms with van der Waals surface area (Å²) in [5.74, 6) is -2.90. The van der Waals surface area contributed by atoms with Crippen LogP contribution in [0.5, 0.6) is 0 Å². The van der Waals surface area contributed by atoms with Gasteiger partial charge in [-0.25, -0.2) is 4.98 Å². The number of hydrogen-bond donors (Lipinski definition) is 2. The topological polar surface area (TPSA) is 114 Å². The summed E-state index contributed by atoms with van der Waals surface area (Å²) < 4.78 is 0. The predicted octanol–water partition coefficient (Wildman–Crippen LogP) is 0.400. The van der Waals surface area contributed by atoms with Gasteiger partial charge < -0.3 is 15.7 Å². The monoisotopic (exact) mass is 305 g/mol. The molecule has 0 fully saturated rings. The SMILES string of the molecule is NC(=O)CN(CC(=O)O)C(=O)c1cc(Cl)ncc1Cl. The van der Waals surface area contributed by atoms with Crippen LogP contribution in [0, 0.1) is 0 Å². The zero-order chi connectivity index (χ0) is 14.6. The maximum atomic E-state index is 12.1. The first-order chi connectivity index (χ1) is 8.81. The van der Waals surface area contributed by atoms with Crippen LogP contribution in [0.15, 0.2) is 12.3 Å². The normalized spacial score (nSPS) is 10.0. The van der Waals surface area contributed by atoms with Crippen LogP contribution in [0.4, 0.5) is 0 Å². The van der Waals surface area contributed by atoms with E-state index in [1.54, 1.807) is 0 Å². The van der Waals surface area contributed by atoms with Gasteiger partial charge in [0.1, 0.15) is 18.2 Å². The van der Waals surface area contributed by atoms with Crippen molar-refractivity contribution in [1.82, 2.24) is 9.88 Å². The quantitative estimate of drug-likeness (QED) is 0.764. The number of carbonyl (C=O) groups excluding carboxylic acids is 2. The Balaban J connectivity index is 3.07. The summed E-state index contributed by atoms with van der Waals surface area (Å²) in [6, 6.07) is 1.18. The average Bonchev–Trinajstić information content (AvgIpc) is 2.29. The fourth-order valence-corrected chi connectivity index (χ4v) is 1.64. The Hall–Kier alpha value is -1.86. The van der Waals surface area contributed by atoms with Crippen molar-refractivity contribution < 1.29 is 19.5 Å². The van der Waals surface area contributed by atoms with Crippen LogP contribution in [0.1, 0.15) is 10.4 Å². The van der Waals surface area contributed by atoms with E-state index in [0.29, 0.717) is 0 Å². The average molecular weight is 306 g/mol. The number of aliphatic carboxylic acids is 1. The number of carboxylic acid groups (broad SMARTS) is 1. The Bertz CT molecular complexity index is 520. The predicted molar refractivity (Wildman–Crippen MR) is 67.0 cm³/mol. The molecule has 1 heterocycles. The summed E-state index contributed by atoms with van der Waals surface area (Å²) >= 11 is 11.4. The number of nitrogens with two attached hydrogens (primary N) is 1. The molecule has 7 nitrogen and oxygen atoms in total. The van der Waals surface area contributed by atoms with Gasteiger partial charge in [0.25, 0.3) is 5.91 Å². The fourth-order valence-electron chi connectivity index (χ4n) is 1.30. The number of aromatic nitrogens is 1. The zero-order valence-corrected chi connectivity index (χ0v) is 11.0. The van der Waals surface area contributed by atoms with Gasteiger partial charge in [0, 0.05) is 6.20 Å². The van der Waals surface area contributed by atoms with Crippen molar-refractivity contribution in [3.05, 3.63) is 28.0 Å². The summed E-state index contributed by atoms with van der Waals surface area (Å²) in [7, 11) is 0. The van der Waals surface area contributed by atoms with E-state index >= 15 is 0 Å². The molecular formula is C10H9Cl2N3O4. The second-order valence-electron chi connectivity index (χ2n) is 3.51. The second kappa shape index (κ2) is 6.35. The van der Waals surface area contributed by atoms with Crippen molar-refractivity contribution in [3.8, 4) is 0 Å². The zero-order valence-electron chi connectivity index (χ0n) is 9.47. The van der Waals surface area contributed by atoms with Crippen molar-refractivity contribution in [1.29, 1.82) is 0 Å². The Morgan fingerprint density at radius 1 is 1.32 bits per heavy atom. The Morgan fingerprint density at radius 3 is 2.47 bits per heavy atom. The first-order valence-corrected chi connectivity index (χ1v) is 5.67. The van der Waals surface area contributed by atoms with E-state index < -0.39 is 30.9 Å². The largest absolute Gasteiger partial charge is 0.480 e. The summed E-state index contributed by atoms with van der Waals surface area (Å²) in [5, 5.41) is 8.71. The summed E-state index contributed by atoms with van der Waals surface area (Å²) in [4.78, 5) is 38.0. The first-order valence-electron chi connectivity index (χ1n) is 4.91. The van der Waals surface area contributed by atoms with Gasteiger partial charge in [0.2, 0.25) is 5.91 Å². The Morgan fingerprint density at radius 2 is 1.95 bits per heavy atom. The molecule has 102 valence electrons. The number of carboxylic acids is 1. The molecule has 0 saturated carbocycles. The van der Waals surface area contributed by atoms with Gasteiger partial charge in [-0.15, -0.1) is 0 Å². The minimum absolute atomic E-state index is 0.00532. The highest BCUT2D eigenvalue weighted by Gasteiger charge is 2.22. The molecule has 0 saturated heterocycles. The Kier molecular flexibility index (Phi) is 5.08. The lowest BCUT2D eigenvalue weighted by molar-refractivity contribution is -0.138. The minimum atomic E-state index is -1.29. The maximum absolute atomic E-state index is 12.1. The van der Waals surface area contributed by atoms with Crippen LogP contribution >= 0.6 is 23.2 Å². The molecule has 0 aromatic carbocycles. The number of primary amides is 1. The van der Waals surface area contributed by atoms with Crippen LogP contribution in [-0.2, 0) is 9.59 Å². The number of hydrogen-bond acceptors (Lipinski definition) is 4. The molecule has 1 aromatic heterocycles. The molecule has 0 bridgehead atoms. The molecule has 19 heavy (non-hydrogen) atoms. The molecule has 0 radical (unpaired) electrons. The molecule has 9 heteroatoms. The molecule has 0 aliphatic rings. The smallest absolute Gasteiger partial charge is 0.323 e. The van der Waals surface area contributed by atoms with E-state index in [9.17, 15) is 14.4 Å². The molecule has 0 aliphatic carbocycles. The molecule has 0 spiro atoms. The highest BCUT2D eigenvalue weighted by atomic mass is 35.5. The van der Waals surface area contributed by atoms with Gasteiger partial charge in [-0.3, -0.25) is 14.4 Å². The molecule has 1 aromatic rings. The minimum Gasteiger partial charge on any atom is -0.480 e. The number of pyridine rings is 1. The van der Waals surface area contributed by atoms with Crippen molar-refractivity contribution in [2.24, 2.45) is 5.73 Å². The maximum Gasteiger partial charge on any atom is 0.323 e. The van der Waals surface area contributed by atoms with Gasteiger partial charge in [-0.05, 0) is 6.07 Å². The van der Waals surface area contributed by atoms with Crippen molar-refractivity contribution in [2.45, 2.75) is 0 Å². The molecule has 1 rings (SSSR count). The summed E-state index contributed by atoms with van der Waals surface area (Å²) in [5.41, 5.74) is 4.90. The number of carbonyl (C=O) groups is 3. The second-order valence-corrected chi connectivity index (χ2v) is 4.30. The lowest BCUT2D eigenvalue weighted by Crippen LogP contribution is -2.41. The molecule has 3 N–H and O–H groups in total. The van der Waals surface area contributed by atoms with Gasteiger partial charge in [-0.2, -0.15) is 0 Å². The number of amides is 2. The van der Waals surface area contributed by atoms with Crippen LogP contribution in [0.25, 0.3) is 0 Å². The lowest BCUT2D eigenvalue weighted by Gasteiger charge is -2.19. The first kappa shape index (κ1) is 15.2. The van der Waals surface area contributed by atoms with Crippen LogP contribution in [0.2, 0.25) is 10.2 Å². The highest BCUT2D eigenvalue weighted by molar-refractivity contribution is 6.35. The van der Waals surface area contributed by atoms with Gasteiger partial charge in [-0.1, -0.05) is 23.2 Å². The number of nitrogens with zero attached hydrogens (tertiary/aromatic N) is 2. The van der Waals surface area contributed by atoms with Crippen molar-refractivity contribution >= 4 is 41.0 Å². The number of halogens is 2. The highest BCUT2D eigenvalue weighted by Crippen LogP contribution is 2.19. The van der Waals surface area contributed by atoms with Gasteiger partial charge >= 0.3 is 5.97 Å². The van der Waals surface area contributed by atoms with Crippen LogP contribution in [0.3, 0.4) is 0 Å². The van der Waals surface area contributed by atoms with Crippen molar-refractivity contribution in [3.63, 3.8) is 0 Å². The van der Waals surface area contributed by atoms with E-state index in [1.165, 1.54) is 6.07 Å². The number of rotatable bonds is 5. The van der Waals surface area contributed by atoms with E-state index in [1.807, 2.05) is 0 Å². The molecule has 0 unspecified atom stereocenters. The van der Waals surface area contributed by atoms with Gasteiger partial charge in [0.05, 0.1) is 10.6 Å². The lowest BCUT2D eigenvalue weighted by atomic mass is 10.2. The third kappa shape index (κ3) is 4.38. The third-order valence-electron chi connectivity index (χ3n) is 2.01. The third-order valence-corrected chi connectivity index (χ3v) is 2.52. The molecular weight excluding hydrogens is 297 g/mol. The Labute approximate surface area is 117 Å². The van der Waals surface area contributed by atoms with E-state index in [4.69, 9.17) is 34.0 Å². The summed E-state index contributed by atoms with van der Waals surface area (Å²) in [6.45, 7) is -1.22. The van der Waals surface area contributed by atoms with E-state index in [0.717, 1.165) is 11.1 Å². The van der Waals surface area contributed by atoms with Crippen molar-refractivity contribution in [2.75, 3.05) is 13.1 Å². The summed E-state index contributed by atoms with van der Waals surface area (Å²) in [6.07, 6.45) is 1.15. The van der Waals surface area contributed by atoms with E-state index in [2.05, 4.69) is 4.98 Å². The fraction of sp³-hybridized carbons (Fsp3) is 0.200.